The Morgan fingerprint density at radius 3 is 2.70 bits per heavy atom. The Balaban J connectivity index is 1.53. The number of methoxy groups -OCH3 is 1. The molecule has 3 heterocycles. The normalized spacial score (nSPS) is 27.5. The largest absolute Gasteiger partial charge is 0.387 e. The number of anilines is 1. The van der Waals surface area contributed by atoms with Crippen molar-refractivity contribution in [3.63, 3.8) is 0 Å². The predicted octanol–water partition coefficient (Wildman–Crippen LogP) is 0.620. The van der Waals surface area contributed by atoms with Crippen LogP contribution in [0.3, 0.4) is 0 Å². The van der Waals surface area contributed by atoms with E-state index in [1.165, 1.54) is 18.0 Å². The van der Waals surface area contributed by atoms with Crippen molar-refractivity contribution in [3.8, 4) is 0 Å². The smallest absolute Gasteiger partial charge is 0.356 e. The molecule has 1 aliphatic carbocycles. The maximum atomic E-state index is 11.5. The average molecular weight is 508 g/mol. The van der Waals surface area contributed by atoms with Gasteiger partial charge in [0.15, 0.2) is 17.7 Å². The van der Waals surface area contributed by atoms with E-state index in [4.69, 9.17) is 25.8 Å². The number of fused-ring (bicyclic) bond motifs is 1. The third-order valence-corrected chi connectivity index (χ3v) is 7.06. The van der Waals surface area contributed by atoms with Gasteiger partial charge in [-0.15, -0.1) is 0 Å². The molecule has 2 aromatic rings. The van der Waals surface area contributed by atoms with Crippen LogP contribution in [0, 0.1) is 0 Å². The summed E-state index contributed by atoms with van der Waals surface area (Å²) < 4.78 is 28.6. The fourth-order valence-corrected chi connectivity index (χ4v) is 4.91. The number of hydrogen-bond acceptors (Lipinski definition) is 10. The third kappa shape index (κ3) is 5.31. The van der Waals surface area contributed by atoms with Gasteiger partial charge in [-0.05, 0) is 24.4 Å². The first kappa shape index (κ1) is 24.7. The van der Waals surface area contributed by atoms with E-state index in [1.807, 2.05) is 0 Å². The van der Waals surface area contributed by atoms with E-state index in [9.17, 15) is 24.6 Å². The molecule has 1 saturated heterocycles. The lowest BCUT2D eigenvalue weighted by Crippen LogP contribution is -2.35. The number of aliphatic hydroxyl groups excluding tert-OH is 2. The lowest BCUT2D eigenvalue weighted by atomic mass is 10.1. The van der Waals surface area contributed by atoms with Crippen molar-refractivity contribution < 1.29 is 38.8 Å². The van der Waals surface area contributed by atoms with Crippen LogP contribution in [0.5, 0.6) is 0 Å². The topological polar surface area (TPSA) is 181 Å². The van der Waals surface area contributed by atoms with E-state index in [0.29, 0.717) is 16.9 Å². The van der Waals surface area contributed by atoms with Crippen molar-refractivity contribution in [3.05, 3.63) is 11.5 Å². The van der Waals surface area contributed by atoms with E-state index in [0.717, 1.165) is 25.7 Å². The summed E-state index contributed by atoms with van der Waals surface area (Å²) in [6, 6.07) is 0.272. The zero-order valence-corrected chi connectivity index (χ0v) is 19.5. The SMILES string of the molecule is COC[C@@H](OC[C@H]1O[C@@H](n2ncc3c(NC4CCCC4)nc(Cl)nc32)[C@H](O)[C@@H]1O)P(=O)(O)O. The molecule has 1 saturated carbocycles. The van der Waals surface area contributed by atoms with Crippen molar-refractivity contribution in [1.29, 1.82) is 0 Å². The molecule has 0 unspecified atom stereocenters. The van der Waals surface area contributed by atoms with Gasteiger partial charge in [0, 0.05) is 13.2 Å². The number of hydrogen-bond donors (Lipinski definition) is 5. The van der Waals surface area contributed by atoms with Crippen molar-refractivity contribution in [2.45, 2.75) is 62.1 Å². The fraction of sp³-hybridized carbons (Fsp3) is 0.722. The molecule has 0 bridgehead atoms. The molecular formula is C18H27ClN5O8P. The van der Waals surface area contributed by atoms with Crippen LogP contribution in [0.4, 0.5) is 5.82 Å². The number of ether oxygens (including phenoxy) is 3. The van der Waals surface area contributed by atoms with Crippen LogP contribution in [-0.4, -0.2) is 90.3 Å². The second-order valence-electron chi connectivity index (χ2n) is 8.17. The lowest BCUT2D eigenvalue weighted by molar-refractivity contribution is -0.0826. The molecule has 13 nitrogen and oxygen atoms in total. The minimum Gasteiger partial charge on any atom is -0.387 e. The van der Waals surface area contributed by atoms with Gasteiger partial charge in [-0.3, -0.25) is 4.57 Å². The monoisotopic (exact) mass is 507 g/mol. The van der Waals surface area contributed by atoms with Gasteiger partial charge in [0.25, 0.3) is 0 Å². The molecule has 15 heteroatoms. The molecule has 33 heavy (non-hydrogen) atoms. The van der Waals surface area contributed by atoms with Crippen molar-refractivity contribution in [2.24, 2.45) is 0 Å². The van der Waals surface area contributed by atoms with E-state index < -0.39 is 44.6 Å². The van der Waals surface area contributed by atoms with Crippen LogP contribution >= 0.6 is 19.2 Å². The molecule has 184 valence electrons. The second-order valence-corrected chi connectivity index (χ2v) is 10.3. The number of halogens is 1. The summed E-state index contributed by atoms with van der Waals surface area (Å²) in [5.41, 5.74) is 0.306. The number of nitrogens with zero attached hydrogens (tertiary/aromatic N) is 4. The highest BCUT2D eigenvalue weighted by atomic mass is 35.5. The molecule has 4 rings (SSSR count). The summed E-state index contributed by atoms with van der Waals surface area (Å²) in [6.07, 6.45) is 0.821. The summed E-state index contributed by atoms with van der Waals surface area (Å²) in [4.78, 5) is 27.3. The highest BCUT2D eigenvalue weighted by Crippen LogP contribution is 2.42. The molecule has 2 aliphatic rings. The highest BCUT2D eigenvalue weighted by molar-refractivity contribution is 7.52. The van der Waals surface area contributed by atoms with E-state index >= 15 is 0 Å². The second kappa shape index (κ2) is 10.1. The first-order valence-corrected chi connectivity index (χ1v) is 12.6. The van der Waals surface area contributed by atoms with Crippen LogP contribution in [0.25, 0.3) is 11.0 Å². The van der Waals surface area contributed by atoms with Crippen molar-refractivity contribution >= 4 is 36.0 Å². The van der Waals surface area contributed by atoms with Gasteiger partial charge in [0.05, 0.1) is 24.8 Å². The van der Waals surface area contributed by atoms with E-state index in [-0.39, 0.29) is 17.9 Å². The summed E-state index contributed by atoms with van der Waals surface area (Å²) in [5.74, 6) is -1.00. The molecule has 1 aliphatic heterocycles. The van der Waals surface area contributed by atoms with E-state index in [2.05, 4.69) is 20.4 Å². The van der Waals surface area contributed by atoms with Gasteiger partial charge >= 0.3 is 7.60 Å². The molecule has 0 radical (unpaired) electrons. The lowest BCUT2D eigenvalue weighted by Gasteiger charge is -2.21. The number of nitrogens with one attached hydrogen (secondary N) is 1. The van der Waals surface area contributed by atoms with Gasteiger partial charge in [-0.1, -0.05) is 12.8 Å². The van der Waals surface area contributed by atoms with E-state index in [1.54, 1.807) is 0 Å². The minimum atomic E-state index is -4.61. The summed E-state index contributed by atoms with van der Waals surface area (Å²) in [6.45, 7) is -0.744. The summed E-state index contributed by atoms with van der Waals surface area (Å²) in [5, 5.41) is 29.3. The molecule has 2 fully saturated rings. The first-order chi connectivity index (χ1) is 15.7. The third-order valence-electron chi connectivity index (χ3n) is 5.84. The minimum absolute atomic E-state index is 0.0123. The molecule has 2 aromatic heterocycles. The van der Waals surface area contributed by atoms with Gasteiger partial charge in [-0.25, -0.2) is 4.68 Å². The number of aliphatic hydroxyl groups is 2. The maximum Gasteiger partial charge on any atom is 0.356 e. The Kier molecular flexibility index (Phi) is 7.53. The Labute approximate surface area is 194 Å². The van der Waals surface area contributed by atoms with Crippen LogP contribution in [0.2, 0.25) is 5.28 Å². The molecule has 0 aromatic carbocycles. The zero-order valence-electron chi connectivity index (χ0n) is 17.8. The van der Waals surface area contributed by atoms with Gasteiger partial charge in [0.2, 0.25) is 5.28 Å². The van der Waals surface area contributed by atoms with Crippen LogP contribution in [0.1, 0.15) is 31.9 Å². The Morgan fingerprint density at radius 1 is 1.30 bits per heavy atom. The molecule has 5 atom stereocenters. The van der Waals surface area contributed by atoms with Crippen LogP contribution in [0.15, 0.2) is 6.20 Å². The number of rotatable bonds is 9. The van der Waals surface area contributed by atoms with Crippen LogP contribution in [-0.2, 0) is 18.8 Å². The maximum absolute atomic E-state index is 11.5. The van der Waals surface area contributed by atoms with Crippen molar-refractivity contribution in [1.82, 2.24) is 19.7 Å². The zero-order chi connectivity index (χ0) is 23.8. The molecule has 5 N–H and O–H groups in total. The Hall–Kier alpha value is -1.41. The standard InChI is InChI=1S/C18H27ClN5O8P/c1-30-8-12(33(27,28)29)31-7-11-13(25)14(26)17(32-11)24-16-10(6-20-24)15(22-18(19)23-16)21-9-4-2-3-5-9/h6,9,11-14,17,25-26H,2-5,7-8H2,1H3,(H,21,22,23)(H2,27,28,29)/t11-,12+,13-,14-,17-/m1/s1. The highest BCUT2D eigenvalue weighted by Gasteiger charge is 2.46. The number of aromatic nitrogens is 4. The molecule has 0 amide bonds. The van der Waals surface area contributed by atoms with Crippen LogP contribution < -0.4 is 5.32 Å². The summed E-state index contributed by atoms with van der Waals surface area (Å²) >= 11 is 6.13. The Morgan fingerprint density at radius 2 is 2.03 bits per heavy atom. The molecule has 0 spiro atoms. The van der Waals surface area contributed by atoms with Gasteiger partial charge < -0.3 is 39.5 Å². The summed E-state index contributed by atoms with van der Waals surface area (Å²) in [7, 11) is -3.33. The molecular weight excluding hydrogens is 481 g/mol. The quantitative estimate of drug-likeness (QED) is 0.236. The van der Waals surface area contributed by atoms with Gasteiger partial charge in [-0.2, -0.15) is 15.1 Å². The van der Waals surface area contributed by atoms with Crippen molar-refractivity contribution in [2.75, 3.05) is 25.6 Å². The van der Waals surface area contributed by atoms with Gasteiger partial charge in [0.1, 0.15) is 24.1 Å². The predicted molar refractivity (Wildman–Crippen MR) is 116 cm³/mol. The first-order valence-electron chi connectivity index (χ1n) is 10.5. The average Bonchev–Trinajstić information content (AvgIpc) is 3.46. The Bertz CT molecular complexity index is 1020. The fourth-order valence-electron chi connectivity index (χ4n) is 4.12.